The van der Waals surface area contributed by atoms with Crippen LogP contribution < -0.4 is 11.0 Å². The van der Waals surface area contributed by atoms with Gasteiger partial charge in [0.1, 0.15) is 4.47 Å². The first kappa shape index (κ1) is 14.5. The topological polar surface area (TPSA) is 59.4 Å². The van der Waals surface area contributed by atoms with Crippen molar-refractivity contribution in [2.24, 2.45) is 5.92 Å². The van der Waals surface area contributed by atoms with E-state index in [1.807, 2.05) is 5.01 Å². The normalized spacial score (nSPS) is 16.8. The van der Waals surface area contributed by atoms with Crippen molar-refractivity contribution in [3.63, 3.8) is 0 Å². The molecular formula is C12H19BrN4O2. The molecule has 0 amide bonds. The van der Waals surface area contributed by atoms with E-state index in [2.05, 4.69) is 40.3 Å². The highest BCUT2D eigenvalue weighted by molar-refractivity contribution is 9.10. The Kier molecular flexibility index (Phi) is 4.95. The molecule has 0 saturated carbocycles. The van der Waals surface area contributed by atoms with Crippen LogP contribution >= 0.6 is 15.9 Å². The third kappa shape index (κ3) is 3.77. The number of aromatic nitrogens is 2. The highest BCUT2D eigenvalue weighted by Crippen LogP contribution is 2.17. The molecule has 1 fully saturated rings. The summed E-state index contributed by atoms with van der Waals surface area (Å²) >= 11 is 3.35. The fraction of sp³-hybridized carbons (Fsp3) is 0.667. The Bertz CT molecular complexity index is 483. The number of hydrogen-bond donors (Lipinski definition) is 1. The van der Waals surface area contributed by atoms with Gasteiger partial charge >= 0.3 is 0 Å². The Labute approximate surface area is 120 Å². The Morgan fingerprint density at radius 1 is 1.47 bits per heavy atom. The lowest BCUT2D eigenvalue weighted by Gasteiger charge is -2.28. The van der Waals surface area contributed by atoms with Crippen LogP contribution in [0.15, 0.2) is 15.5 Å². The van der Waals surface area contributed by atoms with E-state index in [1.54, 1.807) is 6.20 Å². The maximum Gasteiger partial charge on any atom is 0.283 e. The highest BCUT2D eigenvalue weighted by atomic mass is 79.9. The van der Waals surface area contributed by atoms with Gasteiger partial charge in [-0.05, 0) is 21.8 Å². The zero-order chi connectivity index (χ0) is 13.8. The predicted molar refractivity (Wildman–Crippen MR) is 77.0 cm³/mol. The van der Waals surface area contributed by atoms with Gasteiger partial charge in [0.05, 0.1) is 25.1 Å². The second-order valence-corrected chi connectivity index (χ2v) is 5.76. The third-order valence-electron chi connectivity index (χ3n) is 2.81. The molecular weight excluding hydrogens is 312 g/mol. The second-order valence-electron chi connectivity index (χ2n) is 4.96. The van der Waals surface area contributed by atoms with Gasteiger partial charge in [-0.3, -0.25) is 4.79 Å². The molecule has 1 N–H and O–H groups in total. The molecule has 2 heterocycles. The molecule has 7 heteroatoms. The molecule has 1 aliphatic heterocycles. The molecule has 1 aromatic rings. The number of hydrogen-bond acceptors (Lipinski definition) is 5. The highest BCUT2D eigenvalue weighted by Gasteiger charge is 2.14. The van der Waals surface area contributed by atoms with Crippen LogP contribution in [0.3, 0.4) is 0 Å². The molecule has 0 atom stereocenters. The molecule has 2 rings (SSSR count). The minimum atomic E-state index is -0.105. The van der Waals surface area contributed by atoms with Crippen LogP contribution in [0.4, 0.5) is 5.69 Å². The molecule has 0 radical (unpaired) electrons. The lowest BCUT2D eigenvalue weighted by atomic mass is 10.2. The minimum Gasteiger partial charge on any atom is -0.379 e. The summed E-state index contributed by atoms with van der Waals surface area (Å²) in [5.41, 5.74) is 3.80. The average molecular weight is 331 g/mol. The summed E-state index contributed by atoms with van der Waals surface area (Å²) in [6.07, 6.45) is 1.68. The first-order valence-electron chi connectivity index (χ1n) is 6.43. The predicted octanol–water partition coefficient (Wildman–Crippen LogP) is 1.32. The number of halogens is 1. The Morgan fingerprint density at radius 3 is 2.79 bits per heavy atom. The molecule has 0 unspecified atom stereocenters. The summed E-state index contributed by atoms with van der Waals surface area (Å²) in [7, 11) is 0. The van der Waals surface area contributed by atoms with Crippen molar-refractivity contribution in [3.8, 4) is 0 Å². The third-order valence-corrected chi connectivity index (χ3v) is 3.58. The molecule has 1 aromatic heterocycles. The fourth-order valence-electron chi connectivity index (χ4n) is 1.86. The van der Waals surface area contributed by atoms with Gasteiger partial charge < -0.3 is 10.2 Å². The summed E-state index contributed by atoms with van der Waals surface area (Å²) in [6.45, 7) is 7.72. The van der Waals surface area contributed by atoms with Gasteiger partial charge in [-0.2, -0.15) is 5.10 Å². The lowest BCUT2D eigenvalue weighted by molar-refractivity contribution is 0.0496. The monoisotopic (exact) mass is 330 g/mol. The first-order valence-corrected chi connectivity index (χ1v) is 7.22. The second kappa shape index (κ2) is 6.49. The van der Waals surface area contributed by atoms with Crippen LogP contribution in [0.2, 0.25) is 0 Å². The number of hydrazine groups is 1. The fourth-order valence-corrected chi connectivity index (χ4v) is 2.26. The van der Waals surface area contributed by atoms with Crippen molar-refractivity contribution in [2.45, 2.75) is 20.4 Å². The van der Waals surface area contributed by atoms with E-state index in [9.17, 15) is 4.79 Å². The molecule has 106 valence electrons. The summed E-state index contributed by atoms with van der Waals surface area (Å²) in [5.74, 6) is 0.384. The van der Waals surface area contributed by atoms with Gasteiger partial charge in [-0.15, -0.1) is 0 Å². The molecule has 0 aliphatic carbocycles. The zero-order valence-electron chi connectivity index (χ0n) is 11.2. The SMILES string of the molecule is CC(C)Cn1ncc(NN2CCOCC2)c(Br)c1=O. The standard InChI is InChI=1S/C12H19BrN4O2/c1-9(2)8-17-12(18)11(13)10(7-14-17)15-16-3-5-19-6-4-16/h7,9,15H,3-6,8H2,1-2H3. The molecule has 1 aliphatic rings. The Hall–Kier alpha value is -0.920. The smallest absolute Gasteiger partial charge is 0.283 e. The van der Waals surface area contributed by atoms with E-state index in [1.165, 1.54) is 4.68 Å². The zero-order valence-corrected chi connectivity index (χ0v) is 12.8. The van der Waals surface area contributed by atoms with Crippen molar-refractivity contribution in [3.05, 3.63) is 21.0 Å². The summed E-state index contributed by atoms with van der Waals surface area (Å²) in [5, 5.41) is 6.22. The van der Waals surface area contributed by atoms with Gasteiger partial charge in [0.15, 0.2) is 0 Å². The van der Waals surface area contributed by atoms with Crippen molar-refractivity contribution in [1.82, 2.24) is 14.8 Å². The first-order chi connectivity index (χ1) is 9.08. The Balaban J connectivity index is 2.13. The number of ether oxygens (including phenoxy) is 1. The van der Waals surface area contributed by atoms with Crippen molar-refractivity contribution >= 4 is 21.6 Å². The molecule has 6 nitrogen and oxygen atoms in total. The van der Waals surface area contributed by atoms with Crippen molar-refractivity contribution in [2.75, 3.05) is 31.7 Å². The van der Waals surface area contributed by atoms with Gasteiger partial charge in [0, 0.05) is 19.6 Å². The maximum atomic E-state index is 12.1. The van der Waals surface area contributed by atoms with E-state index >= 15 is 0 Å². The summed E-state index contributed by atoms with van der Waals surface area (Å²) in [6, 6.07) is 0. The average Bonchev–Trinajstić information content (AvgIpc) is 2.39. The Morgan fingerprint density at radius 2 is 2.16 bits per heavy atom. The van der Waals surface area contributed by atoms with Crippen LogP contribution in [0.5, 0.6) is 0 Å². The molecule has 0 bridgehead atoms. The van der Waals surface area contributed by atoms with E-state index in [0.29, 0.717) is 35.8 Å². The van der Waals surface area contributed by atoms with Crippen molar-refractivity contribution < 1.29 is 4.74 Å². The van der Waals surface area contributed by atoms with Crippen LogP contribution in [-0.2, 0) is 11.3 Å². The van der Waals surface area contributed by atoms with E-state index in [-0.39, 0.29) is 5.56 Å². The lowest BCUT2D eigenvalue weighted by Crippen LogP contribution is -2.41. The van der Waals surface area contributed by atoms with Gasteiger partial charge in [0.2, 0.25) is 0 Å². The van der Waals surface area contributed by atoms with E-state index < -0.39 is 0 Å². The van der Waals surface area contributed by atoms with Crippen LogP contribution in [0.1, 0.15) is 13.8 Å². The number of rotatable bonds is 4. The maximum absolute atomic E-state index is 12.1. The summed E-state index contributed by atoms with van der Waals surface area (Å²) < 4.78 is 7.29. The quantitative estimate of drug-likeness (QED) is 0.902. The number of anilines is 1. The van der Waals surface area contributed by atoms with Crippen LogP contribution in [-0.4, -0.2) is 41.1 Å². The molecule has 1 saturated heterocycles. The molecule has 19 heavy (non-hydrogen) atoms. The van der Waals surface area contributed by atoms with Gasteiger partial charge in [-0.1, -0.05) is 13.8 Å². The van der Waals surface area contributed by atoms with E-state index in [4.69, 9.17) is 4.74 Å². The van der Waals surface area contributed by atoms with E-state index in [0.717, 1.165) is 13.1 Å². The minimum absolute atomic E-state index is 0.105. The summed E-state index contributed by atoms with van der Waals surface area (Å²) in [4.78, 5) is 12.1. The number of nitrogens with one attached hydrogen (secondary N) is 1. The largest absolute Gasteiger partial charge is 0.379 e. The number of morpholine rings is 1. The molecule has 0 spiro atoms. The van der Waals surface area contributed by atoms with Crippen LogP contribution in [0.25, 0.3) is 0 Å². The molecule has 0 aromatic carbocycles. The van der Waals surface area contributed by atoms with Crippen molar-refractivity contribution in [1.29, 1.82) is 0 Å². The van der Waals surface area contributed by atoms with Gasteiger partial charge in [-0.25, -0.2) is 9.69 Å². The number of nitrogens with zero attached hydrogens (tertiary/aromatic N) is 3. The van der Waals surface area contributed by atoms with Crippen LogP contribution in [0, 0.1) is 5.92 Å². The van der Waals surface area contributed by atoms with Gasteiger partial charge in [0.25, 0.3) is 5.56 Å².